The summed E-state index contributed by atoms with van der Waals surface area (Å²) in [5.74, 6) is 0. The summed E-state index contributed by atoms with van der Waals surface area (Å²) >= 11 is 0. The Morgan fingerprint density at radius 3 is 1.01 bits per heavy atom. The van der Waals surface area contributed by atoms with E-state index in [9.17, 15) is 21.0 Å². The molecule has 2 heterocycles. The second-order valence-electron chi connectivity index (χ2n) is 21.4. The fourth-order valence-corrected chi connectivity index (χ4v) is 12.3. The van der Waals surface area contributed by atoms with Crippen LogP contribution in [0, 0.1) is 92.0 Å². The molecule has 0 fully saturated rings. The van der Waals surface area contributed by atoms with Crippen LogP contribution in [0.25, 0.3) is 146 Å². The summed E-state index contributed by atoms with van der Waals surface area (Å²) < 4.78 is 4.43. The molecule has 0 amide bonds. The Balaban J connectivity index is 1.13. The molecule has 0 N–H and O–H groups in total. The van der Waals surface area contributed by atoms with Crippen molar-refractivity contribution in [1.29, 1.82) is 21.0 Å². The van der Waals surface area contributed by atoms with Gasteiger partial charge >= 0.3 is 0 Å². The summed E-state index contributed by atoms with van der Waals surface area (Å²) in [6.45, 7) is 44.3. The van der Waals surface area contributed by atoms with Crippen LogP contribution in [0.4, 0.5) is 28.4 Å². The van der Waals surface area contributed by atoms with E-state index in [0.717, 1.165) is 111 Å². The Kier molecular flexibility index (Phi) is 13.2. The van der Waals surface area contributed by atoms with Gasteiger partial charge in [0.2, 0.25) is 0 Å². The fourth-order valence-electron chi connectivity index (χ4n) is 12.3. The average Bonchev–Trinajstić information content (AvgIpc) is 1.61. The van der Waals surface area contributed by atoms with Gasteiger partial charge < -0.3 is 9.13 Å². The van der Waals surface area contributed by atoms with Gasteiger partial charge in [0, 0.05) is 38.2 Å². The molecule has 11 heteroatoms. The predicted octanol–water partition coefficient (Wildman–Crippen LogP) is 20.7. The molecule has 2 aromatic heterocycles. The fraction of sp³-hybridized carbons (Fsp3) is 0.0260. The first-order chi connectivity index (χ1) is 42.9. The Bertz CT molecular complexity index is 5250. The quantitative estimate of drug-likeness (QED) is 0.140. The molecule has 0 saturated heterocycles. The molecule has 0 aliphatic carbocycles. The molecule has 11 nitrogen and oxygen atoms in total. The molecule has 0 unspecified atom stereocenters. The third-order valence-corrected chi connectivity index (χ3v) is 16.2. The smallest absolute Gasteiger partial charge is 0.189 e. The van der Waals surface area contributed by atoms with Gasteiger partial charge in [-0.2, -0.15) is 21.0 Å². The number of hydrogen-bond acceptors (Lipinski definition) is 4. The van der Waals surface area contributed by atoms with Gasteiger partial charge in [-0.15, -0.1) is 0 Å². The van der Waals surface area contributed by atoms with Crippen molar-refractivity contribution in [3.8, 4) is 102 Å². The molecule has 0 radical (unpaired) electrons. The maximum absolute atomic E-state index is 10.1. The molecular formula is C77H39N11. The Hall–Kier alpha value is -13.6. The first-order valence-corrected chi connectivity index (χ1v) is 27.6. The molecule has 13 aromatic rings. The molecule has 0 atom stereocenters. The zero-order valence-electron chi connectivity index (χ0n) is 47.0. The van der Waals surface area contributed by atoms with Gasteiger partial charge in [-0.3, -0.25) is 0 Å². The third-order valence-electron chi connectivity index (χ3n) is 16.2. The maximum Gasteiger partial charge on any atom is 0.189 e. The van der Waals surface area contributed by atoms with Crippen molar-refractivity contribution >= 4 is 72.0 Å². The van der Waals surface area contributed by atoms with Crippen LogP contribution in [-0.4, -0.2) is 9.13 Å². The Labute approximate surface area is 506 Å². The standard InChI is InChI=1S/C77H39N11/c1-45-9-8-10-46(2)77(45)55-15-21-75(87-71-18-12-52(57-26-49(43-80)28-61(30-57)83-4)36-67(71)68-37-54(14-20-72(68)87)59-32-63(85-6)39-64(33-59)86-7)69(38-55)70-40-60(82-3)16-22-76(70)88-73-17-11-51(56-24-47(41-78)23-48(25-56)42-79)34-65(73)66-35-53(13-19-74(66)88)58-27-50(44-81)29-62(31-58)84-5/h8-40H,1-2H3. The van der Waals surface area contributed by atoms with E-state index in [1.807, 2.05) is 60.7 Å². The number of fused-ring (bicyclic) bond motifs is 6. The lowest BCUT2D eigenvalue weighted by atomic mass is 9.91. The molecule has 0 bridgehead atoms. The average molecular weight is 1120 g/mol. The summed E-state index contributed by atoms with van der Waals surface area (Å²) in [5, 5.41) is 43.6. The number of aromatic nitrogens is 2. The van der Waals surface area contributed by atoms with E-state index < -0.39 is 0 Å². The molecule has 0 spiro atoms. The van der Waals surface area contributed by atoms with Crippen molar-refractivity contribution in [2.24, 2.45) is 0 Å². The predicted molar refractivity (Wildman–Crippen MR) is 347 cm³/mol. The summed E-state index contributed by atoms with van der Waals surface area (Å²) in [5.41, 5.74) is 19.6. The maximum atomic E-state index is 10.1. The van der Waals surface area contributed by atoms with E-state index in [1.54, 1.807) is 72.8 Å². The molecule has 11 aromatic carbocycles. The van der Waals surface area contributed by atoms with Crippen molar-refractivity contribution in [2.75, 3.05) is 0 Å². The number of aryl methyl sites for hydroxylation is 2. The summed E-state index contributed by atoms with van der Waals surface area (Å²) in [4.78, 5) is 18.8. The van der Waals surface area contributed by atoms with Gasteiger partial charge in [0.1, 0.15) is 0 Å². The molecule has 0 aliphatic heterocycles. The molecule has 0 saturated carbocycles. The van der Waals surface area contributed by atoms with E-state index >= 15 is 0 Å². The van der Waals surface area contributed by atoms with Crippen LogP contribution in [0.1, 0.15) is 33.4 Å². The van der Waals surface area contributed by atoms with Crippen LogP contribution in [0.5, 0.6) is 0 Å². The van der Waals surface area contributed by atoms with Gasteiger partial charge in [0.05, 0.1) is 102 Å². The first-order valence-electron chi connectivity index (χ1n) is 27.6. The number of nitriles is 4. The lowest BCUT2D eigenvalue weighted by Gasteiger charge is -2.21. The van der Waals surface area contributed by atoms with Crippen LogP contribution in [0.3, 0.4) is 0 Å². The van der Waals surface area contributed by atoms with Gasteiger partial charge in [0.25, 0.3) is 0 Å². The lowest BCUT2D eigenvalue weighted by Crippen LogP contribution is -2.02. The van der Waals surface area contributed by atoms with Gasteiger partial charge in [-0.25, -0.2) is 24.2 Å². The van der Waals surface area contributed by atoms with E-state index in [0.29, 0.717) is 72.9 Å². The SMILES string of the molecule is [C-]#[N+]c1cc(C#N)cc(-c2ccc3c(c2)c2cc(-c4cc(C#N)cc(C#N)c4)ccc2n3-c2ccc([N+]#[C-])cc2-c2cc(-c3c(C)cccc3C)ccc2-n2c3ccc(-c4cc(C#N)cc([N+]#[C-])c4)cc3c3cc(-c4cc([N+]#[C-])cc([N+]#[C-])c4)ccc32)c1. The highest BCUT2D eigenvalue weighted by Gasteiger charge is 2.24. The highest BCUT2D eigenvalue weighted by molar-refractivity contribution is 6.14. The second-order valence-corrected chi connectivity index (χ2v) is 21.4. The van der Waals surface area contributed by atoms with E-state index in [2.05, 4.69) is 138 Å². The van der Waals surface area contributed by atoms with Crippen molar-refractivity contribution < 1.29 is 0 Å². The van der Waals surface area contributed by atoms with Crippen molar-refractivity contribution in [3.05, 3.63) is 291 Å². The number of benzene rings is 11. The van der Waals surface area contributed by atoms with Crippen molar-refractivity contribution in [2.45, 2.75) is 13.8 Å². The van der Waals surface area contributed by atoms with E-state index in [1.165, 1.54) is 0 Å². The number of hydrogen-bond donors (Lipinski definition) is 0. The topological polar surface area (TPSA) is 127 Å². The summed E-state index contributed by atoms with van der Waals surface area (Å²) in [6.07, 6.45) is 0. The Morgan fingerprint density at radius 2 is 0.625 bits per heavy atom. The van der Waals surface area contributed by atoms with Gasteiger partial charge in [-0.1, -0.05) is 72.8 Å². The zero-order valence-corrected chi connectivity index (χ0v) is 47.0. The minimum Gasteiger partial charge on any atom is -0.309 e. The molecular weight excluding hydrogens is 1080 g/mol. The number of rotatable bonds is 8. The zero-order chi connectivity index (χ0) is 60.9. The van der Waals surface area contributed by atoms with E-state index in [-0.39, 0.29) is 0 Å². The minimum atomic E-state index is 0.333. The van der Waals surface area contributed by atoms with E-state index in [4.69, 9.17) is 32.9 Å². The largest absolute Gasteiger partial charge is 0.309 e. The summed E-state index contributed by atoms with van der Waals surface area (Å²) in [7, 11) is 0. The van der Waals surface area contributed by atoms with Crippen molar-refractivity contribution in [3.63, 3.8) is 0 Å². The Morgan fingerprint density at radius 1 is 0.295 bits per heavy atom. The second kappa shape index (κ2) is 21.6. The van der Waals surface area contributed by atoms with Crippen LogP contribution < -0.4 is 0 Å². The molecule has 13 rings (SSSR count). The monoisotopic (exact) mass is 1120 g/mol. The summed E-state index contributed by atoms with van der Waals surface area (Å²) in [6, 6.07) is 72.3. The highest BCUT2D eigenvalue weighted by Crippen LogP contribution is 2.47. The molecule has 88 heavy (non-hydrogen) atoms. The molecule has 0 aliphatic rings. The lowest BCUT2D eigenvalue weighted by molar-refractivity contribution is 1.16. The first kappa shape index (κ1) is 53.7. The molecule has 402 valence electrons. The van der Waals surface area contributed by atoms with Crippen LogP contribution in [0.15, 0.2) is 200 Å². The highest BCUT2D eigenvalue weighted by atomic mass is 15.0. The van der Waals surface area contributed by atoms with Gasteiger partial charge in [-0.05, 0) is 214 Å². The normalized spacial score (nSPS) is 10.7. The van der Waals surface area contributed by atoms with Crippen molar-refractivity contribution in [1.82, 2.24) is 9.13 Å². The van der Waals surface area contributed by atoms with Gasteiger partial charge in [0.15, 0.2) is 28.4 Å². The number of nitrogens with zero attached hydrogens (tertiary/aromatic N) is 11. The van der Waals surface area contributed by atoms with Crippen LogP contribution >= 0.6 is 0 Å². The van der Waals surface area contributed by atoms with Crippen LogP contribution in [-0.2, 0) is 0 Å². The third kappa shape index (κ3) is 9.20. The minimum absolute atomic E-state index is 0.333. The van der Waals surface area contributed by atoms with Crippen LogP contribution in [0.2, 0.25) is 0 Å².